The number of rotatable bonds is 3. The van der Waals surface area contributed by atoms with E-state index >= 15 is 0 Å². The molecule has 0 aromatic heterocycles. The summed E-state index contributed by atoms with van der Waals surface area (Å²) < 4.78 is 0. The highest BCUT2D eigenvalue weighted by molar-refractivity contribution is 5.67. The van der Waals surface area contributed by atoms with Gasteiger partial charge in [0.2, 0.25) is 0 Å². The molecule has 0 fully saturated rings. The molecule has 0 bridgehead atoms. The van der Waals surface area contributed by atoms with Gasteiger partial charge in [-0.15, -0.1) is 0 Å². The van der Waals surface area contributed by atoms with Crippen molar-refractivity contribution < 1.29 is 9.90 Å². The van der Waals surface area contributed by atoms with Crippen molar-refractivity contribution in [1.82, 2.24) is 5.32 Å². The molecule has 1 heterocycles. The molecule has 1 aliphatic rings. The summed E-state index contributed by atoms with van der Waals surface area (Å²) in [6.45, 7) is 4.24. The Morgan fingerprint density at radius 1 is 1.33 bits per heavy atom. The Labute approximate surface area is 107 Å². The molecule has 3 atom stereocenters. The predicted octanol–water partition coefficient (Wildman–Crippen LogP) is 3.23. The van der Waals surface area contributed by atoms with E-state index in [9.17, 15) is 4.79 Å². The highest BCUT2D eigenvalue weighted by atomic mass is 16.4. The zero-order valence-electron chi connectivity index (χ0n) is 10.8. The van der Waals surface area contributed by atoms with Gasteiger partial charge in [0.15, 0.2) is 0 Å². The van der Waals surface area contributed by atoms with E-state index in [0.29, 0.717) is 12.0 Å². The third-order valence-corrected chi connectivity index (χ3v) is 3.77. The molecule has 18 heavy (non-hydrogen) atoms. The minimum atomic E-state index is -0.954. The Morgan fingerprint density at radius 2 is 2.06 bits per heavy atom. The highest BCUT2D eigenvalue weighted by Crippen LogP contribution is 2.39. The SMILES string of the molecule is CC[C@@H]1[C@H](CC)Nc2ccccc2[C@@H]1NC(=O)O. The van der Waals surface area contributed by atoms with Crippen LogP contribution in [0.25, 0.3) is 0 Å². The van der Waals surface area contributed by atoms with Crippen LogP contribution in [0.15, 0.2) is 24.3 Å². The number of carbonyl (C=O) groups is 1. The average molecular weight is 248 g/mol. The van der Waals surface area contributed by atoms with Gasteiger partial charge >= 0.3 is 6.09 Å². The second kappa shape index (κ2) is 5.29. The van der Waals surface area contributed by atoms with Crippen molar-refractivity contribution in [2.75, 3.05) is 5.32 Å². The summed E-state index contributed by atoms with van der Waals surface area (Å²) in [6, 6.07) is 8.15. The number of anilines is 1. The zero-order valence-corrected chi connectivity index (χ0v) is 10.8. The normalized spacial score (nSPS) is 26.0. The van der Waals surface area contributed by atoms with E-state index in [0.717, 1.165) is 24.1 Å². The van der Waals surface area contributed by atoms with Gasteiger partial charge < -0.3 is 15.7 Å². The number of benzene rings is 1. The molecule has 4 nitrogen and oxygen atoms in total. The van der Waals surface area contributed by atoms with E-state index in [1.54, 1.807) is 0 Å². The van der Waals surface area contributed by atoms with Gasteiger partial charge in [-0.1, -0.05) is 32.0 Å². The lowest BCUT2D eigenvalue weighted by atomic mass is 9.80. The van der Waals surface area contributed by atoms with Crippen molar-refractivity contribution in [3.05, 3.63) is 29.8 Å². The minimum Gasteiger partial charge on any atom is -0.465 e. The van der Waals surface area contributed by atoms with Crippen molar-refractivity contribution in [2.24, 2.45) is 5.92 Å². The maximum atomic E-state index is 11.0. The fourth-order valence-corrected chi connectivity index (χ4v) is 2.91. The Kier molecular flexibility index (Phi) is 3.75. The topological polar surface area (TPSA) is 61.4 Å². The first kappa shape index (κ1) is 12.7. The van der Waals surface area contributed by atoms with Crippen LogP contribution in [0.3, 0.4) is 0 Å². The standard InChI is InChI=1S/C14H20N2O2/c1-3-9-11(4-2)15-12-8-6-5-7-10(12)13(9)16-14(17)18/h5-9,11,13,15-16H,3-4H2,1-2H3,(H,17,18)/t9-,11+,13-/m1/s1. The number of fused-ring (bicyclic) bond motifs is 1. The molecule has 4 heteroatoms. The lowest BCUT2D eigenvalue weighted by Gasteiger charge is -2.40. The molecule has 0 unspecified atom stereocenters. The van der Waals surface area contributed by atoms with Gasteiger partial charge in [0, 0.05) is 17.6 Å². The molecule has 0 radical (unpaired) electrons. The smallest absolute Gasteiger partial charge is 0.405 e. The third kappa shape index (κ3) is 2.28. The first-order chi connectivity index (χ1) is 8.67. The number of carboxylic acid groups (broad SMARTS) is 1. The van der Waals surface area contributed by atoms with E-state index in [1.165, 1.54) is 0 Å². The van der Waals surface area contributed by atoms with Crippen molar-refractivity contribution >= 4 is 11.8 Å². The number of para-hydroxylation sites is 1. The molecule has 98 valence electrons. The summed E-state index contributed by atoms with van der Waals surface area (Å²) in [6.07, 6.45) is 0.986. The fraction of sp³-hybridized carbons (Fsp3) is 0.500. The molecule has 0 saturated heterocycles. The Hall–Kier alpha value is -1.71. The summed E-state index contributed by atoms with van der Waals surface area (Å²) >= 11 is 0. The molecule has 1 amide bonds. The largest absolute Gasteiger partial charge is 0.465 e. The molecular formula is C14H20N2O2. The van der Waals surface area contributed by atoms with Gasteiger partial charge in [0.05, 0.1) is 6.04 Å². The molecule has 1 aromatic carbocycles. The van der Waals surface area contributed by atoms with Gasteiger partial charge in [-0.3, -0.25) is 0 Å². The molecule has 1 aliphatic heterocycles. The number of hydrogen-bond acceptors (Lipinski definition) is 2. The summed E-state index contributed by atoms with van der Waals surface area (Å²) in [4.78, 5) is 11.0. The number of hydrogen-bond donors (Lipinski definition) is 3. The van der Waals surface area contributed by atoms with Crippen LogP contribution in [-0.4, -0.2) is 17.2 Å². The maximum Gasteiger partial charge on any atom is 0.405 e. The lowest BCUT2D eigenvalue weighted by molar-refractivity contribution is 0.180. The first-order valence-electron chi connectivity index (χ1n) is 6.52. The summed E-state index contributed by atoms with van der Waals surface area (Å²) in [5.74, 6) is 0.293. The second-order valence-corrected chi connectivity index (χ2v) is 4.75. The fourth-order valence-electron chi connectivity index (χ4n) is 2.91. The average Bonchev–Trinajstić information content (AvgIpc) is 2.37. The number of amides is 1. The first-order valence-corrected chi connectivity index (χ1v) is 6.52. The van der Waals surface area contributed by atoms with Crippen LogP contribution >= 0.6 is 0 Å². The van der Waals surface area contributed by atoms with Crippen LogP contribution in [0.1, 0.15) is 38.3 Å². The van der Waals surface area contributed by atoms with Crippen LogP contribution in [-0.2, 0) is 0 Å². The molecule has 0 aliphatic carbocycles. The lowest BCUT2D eigenvalue weighted by Crippen LogP contribution is -2.44. The molecule has 0 saturated carbocycles. The van der Waals surface area contributed by atoms with Crippen molar-refractivity contribution in [2.45, 2.75) is 38.8 Å². The Bertz CT molecular complexity index is 434. The summed E-state index contributed by atoms with van der Waals surface area (Å²) in [5.41, 5.74) is 2.10. The highest BCUT2D eigenvalue weighted by Gasteiger charge is 2.35. The summed E-state index contributed by atoms with van der Waals surface area (Å²) in [7, 11) is 0. The van der Waals surface area contributed by atoms with Crippen molar-refractivity contribution in [3.63, 3.8) is 0 Å². The van der Waals surface area contributed by atoms with E-state index in [2.05, 4.69) is 24.5 Å². The van der Waals surface area contributed by atoms with Crippen LogP contribution in [0.4, 0.5) is 10.5 Å². The Balaban J connectivity index is 2.39. The van der Waals surface area contributed by atoms with E-state index in [-0.39, 0.29) is 6.04 Å². The minimum absolute atomic E-state index is 0.116. The summed E-state index contributed by atoms with van der Waals surface area (Å²) in [5, 5.41) is 15.2. The van der Waals surface area contributed by atoms with Crippen LogP contribution in [0, 0.1) is 5.92 Å². The van der Waals surface area contributed by atoms with Crippen molar-refractivity contribution in [1.29, 1.82) is 0 Å². The second-order valence-electron chi connectivity index (χ2n) is 4.75. The van der Waals surface area contributed by atoms with Gasteiger partial charge in [-0.2, -0.15) is 0 Å². The van der Waals surface area contributed by atoms with Gasteiger partial charge in [-0.05, 0) is 24.5 Å². The monoisotopic (exact) mass is 248 g/mol. The zero-order chi connectivity index (χ0) is 13.1. The predicted molar refractivity (Wildman–Crippen MR) is 71.8 cm³/mol. The molecule has 1 aromatic rings. The molecule has 0 spiro atoms. The molecular weight excluding hydrogens is 228 g/mol. The van der Waals surface area contributed by atoms with Gasteiger partial charge in [0.25, 0.3) is 0 Å². The van der Waals surface area contributed by atoms with E-state index in [4.69, 9.17) is 5.11 Å². The maximum absolute atomic E-state index is 11.0. The number of nitrogens with one attached hydrogen (secondary N) is 2. The molecule has 2 rings (SSSR count). The van der Waals surface area contributed by atoms with E-state index < -0.39 is 6.09 Å². The van der Waals surface area contributed by atoms with E-state index in [1.807, 2.05) is 24.3 Å². The molecule has 3 N–H and O–H groups in total. The van der Waals surface area contributed by atoms with Crippen LogP contribution in [0.5, 0.6) is 0 Å². The van der Waals surface area contributed by atoms with Gasteiger partial charge in [-0.25, -0.2) is 4.79 Å². The quantitative estimate of drug-likeness (QED) is 0.769. The third-order valence-electron chi connectivity index (χ3n) is 3.77. The van der Waals surface area contributed by atoms with Crippen molar-refractivity contribution in [3.8, 4) is 0 Å². The Morgan fingerprint density at radius 3 is 2.67 bits per heavy atom. The van der Waals surface area contributed by atoms with Crippen LogP contribution < -0.4 is 10.6 Å². The van der Waals surface area contributed by atoms with Crippen LogP contribution in [0.2, 0.25) is 0 Å². The van der Waals surface area contributed by atoms with Gasteiger partial charge in [0.1, 0.15) is 0 Å².